The van der Waals surface area contributed by atoms with Crippen LogP contribution in [0.3, 0.4) is 0 Å². The molecular formula is C7H10N4O2. The van der Waals surface area contributed by atoms with E-state index in [0.29, 0.717) is 5.69 Å². The first-order valence-corrected chi connectivity index (χ1v) is 3.78. The van der Waals surface area contributed by atoms with E-state index in [1.54, 1.807) is 0 Å². The molecule has 0 radical (unpaired) electrons. The second kappa shape index (κ2) is 4.46. The normalized spacial score (nSPS) is 12.4. The van der Waals surface area contributed by atoms with Crippen LogP contribution in [0.2, 0.25) is 0 Å². The number of carboxylic acids is 1. The van der Waals surface area contributed by atoms with E-state index in [9.17, 15) is 4.79 Å². The predicted octanol–water partition coefficient (Wildman–Crippen LogP) is -0.611. The quantitative estimate of drug-likeness (QED) is 0.643. The van der Waals surface area contributed by atoms with Crippen LogP contribution < -0.4 is 5.73 Å². The van der Waals surface area contributed by atoms with Gasteiger partial charge in [-0.2, -0.15) is 5.10 Å². The minimum atomic E-state index is -0.902. The summed E-state index contributed by atoms with van der Waals surface area (Å²) in [6.45, 7) is 0.229. The van der Waals surface area contributed by atoms with Crippen molar-refractivity contribution >= 4 is 5.97 Å². The minimum absolute atomic E-state index is 0.0448. The highest BCUT2D eigenvalue weighted by atomic mass is 16.4. The Hall–Kier alpha value is -1.56. The first-order valence-electron chi connectivity index (χ1n) is 3.78. The van der Waals surface area contributed by atoms with Crippen molar-refractivity contribution in [2.75, 3.05) is 6.54 Å². The average Bonchev–Trinajstić information content (AvgIpc) is 2.15. The van der Waals surface area contributed by atoms with Crippen LogP contribution in [0.1, 0.15) is 18.0 Å². The van der Waals surface area contributed by atoms with Crippen molar-refractivity contribution in [3.63, 3.8) is 0 Å². The number of nitrogens with zero attached hydrogens (tertiary/aromatic N) is 3. The van der Waals surface area contributed by atoms with Crippen molar-refractivity contribution in [3.8, 4) is 0 Å². The number of aliphatic carboxylic acids is 1. The first kappa shape index (κ1) is 9.53. The van der Waals surface area contributed by atoms with Crippen molar-refractivity contribution in [2.45, 2.75) is 12.3 Å². The van der Waals surface area contributed by atoms with Crippen LogP contribution in [0.5, 0.6) is 0 Å². The summed E-state index contributed by atoms with van der Waals surface area (Å²) in [5.41, 5.74) is 5.91. The monoisotopic (exact) mass is 182 g/mol. The highest BCUT2D eigenvalue weighted by Crippen LogP contribution is 2.13. The van der Waals surface area contributed by atoms with Crippen LogP contribution in [0.25, 0.3) is 0 Å². The van der Waals surface area contributed by atoms with E-state index in [2.05, 4.69) is 15.2 Å². The molecule has 0 saturated carbocycles. The second-order valence-corrected chi connectivity index (χ2v) is 2.56. The van der Waals surface area contributed by atoms with E-state index in [1.165, 1.54) is 12.5 Å². The van der Waals surface area contributed by atoms with Crippen LogP contribution in [0.4, 0.5) is 0 Å². The van der Waals surface area contributed by atoms with Crippen molar-refractivity contribution in [1.82, 2.24) is 15.2 Å². The molecule has 0 bridgehead atoms. The first-order chi connectivity index (χ1) is 6.24. The molecule has 1 aromatic heterocycles. The minimum Gasteiger partial charge on any atom is -0.481 e. The van der Waals surface area contributed by atoms with Crippen molar-refractivity contribution in [1.29, 1.82) is 0 Å². The summed E-state index contributed by atoms with van der Waals surface area (Å²) in [6.07, 6.45) is 2.72. The molecular weight excluding hydrogens is 172 g/mol. The van der Waals surface area contributed by atoms with E-state index < -0.39 is 5.97 Å². The topological polar surface area (TPSA) is 102 Å². The smallest absolute Gasteiger partial charge is 0.304 e. The second-order valence-electron chi connectivity index (χ2n) is 2.56. The van der Waals surface area contributed by atoms with Crippen LogP contribution in [0.15, 0.2) is 12.5 Å². The average molecular weight is 182 g/mol. The van der Waals surface area contributed by atoms with E-state index in [-0.39, 0.29) is 18.9 Å². The van der Waals surface area contributed by atoms with E-state index in [4.69, 9.17) is 10.8 Å². The Morgan fingerprint density at radius 2 is 2.46 bits per heavy atom. The number of carbonyl (C=O) groups is 1. The molecule has 0 saturated heterocycles. The van der Waals surface area contributed by atoms with Gasteiger partial charge in [0.2, 0.25) is 0 Å². The lowest BCUT2D eigenvalue weighted by Crippen LogP contribution is -2.17. The Balaban J connectivity index is 2.73. The Morgan fingerprint density at radius 3 is 2.92 bits per heavy atom. The zero-order chi connectivity index (χ0) is 9.68. The lowest BCUT2D eigenvalue weighted by molar-refractivity contribution is -0.137. The van der Waals surface area contributed by atoms with Gasteiger partial charge in [-0.25, -0.2) is 4.98 Å². The molecule has 6 heteroatoms. The van der Waals surface area contributed by atoms with Gasteiger partial charge in [-0.15, -0.1) is 5.10 Å². The Bertz CT molecular complexity index is 277. The summed E-state index contributed by atoms with van der Waals surface area (Å²) < 4.78 is 0. The molecule has 1 aromatic rings. The maximum Gasteiger partial charge on any atom is 0.304 e. The molecule has 0 aromatic carbocycles. The Morgan fingerprint density at radius 1 is 1.69 bits per heavy atom. The zero-order valence-electron chi connectivity index (χ0n) is 6.92. The maximum atomic E-state index is 10.4. The molecule has 1 rings (SSSR count). The van der Waals surface area contributed by atoms with E-state index in [1.807, 2.05) is 0 Å². The van der Waals surface area contributed by atoms with Crippen LogP contribution in [-0.4, -0.2) is 32.8 Å². The summed E-state index contributed by atoms with van der Waals surface area (Å²) in [5, 5.41) is 15.9. The largest absolute Gasteiger partial charge is 0.481 e. The van der Waals surface area contributed by atoms with Gasteiger partial charge in [-0.05, 0) is 0 Å². The summed E-state index contributed by atoms with van der Waals surface area (Å²) in [4.78, 5) is 14.2. The lowest BCUT2D eigenvalue weighted by Gasteiger charge is -2.08. The fourth-order valence-electron chi connectivity index (χ4n) is 0.964. The number of rotatable bonds is 4. The molecule has 0 spiro atoms. The van der Waals surface area contributed by atoms with Gasteiger partial charge in [0.1, 0.15) is 6.33 Å². The molecule has 0 aliphatic heterocycles. The van der Waals surface area contributed by atoms with Gasteiger partial charge >= 0.3 is 5.97 Å². The highest BCUT2D eigenvalue weighted by Gasteiger charge is 2.15. The van der Waals surface area contributed by atoms with Crippen LogP contribution in [-0.2, 0) is 4.79 Å². The third-order valence-electron chi connectivity index (χ3n) is 1.62. The molecule has 0 fully saturated rings. The highest BCUT2D eigenvalue weighted by molar-refractivity contribution is 5.67. The van der Waals surface area contributed by atoms with Gasteiger partial charge < -0.3 is 10.8 Å². The van der Waals surface area contributed by atoms with Crippen LogP contribution >= 0.6 is 0 Å². The summed E-state index contributed by atoms with van der Waals surface area (Å²) in [7, 11) is 0. The molecule has 1 unspecified atom stereocenters. The Kier molecular flexibility index (Phi) is 3.27. The maximum absolute atomic E-state index is 10.4. The van der Waals surface area contributed by atoms with Gasteiger partial charge in [-0.3, -0.25) is 4.79 Å². The van der Waals surface area contributed by atoms with Gasteiger partial charge in [0.25, 0.3) is 0 Å². The third kappa shape index (κ3) is 2.75. The predicted molar refractivity (Wildman–Crippen MR) is 43.9 cm³/mol. The molecule has 3 N–H and O–H groups in total. The van der Waals surface area contributed by atoms with E-state index in [0.717, 1.165) is 0 Å². The van der Waals surface area contributed by atoms with Gasteiger partial charge in [0.15, 0.2) is 0 Å². The summed E-state index contributed by atoms with van der Waals surface area (Å²) >= 11 is 0. The van der Waals surface area contributed by atoms with E-state index >= 15 is 0 Å². The fraction of sp³-hybridized carbons (Fsp3) is 0.429. The molecule has 0 aliphatic carbocycles. The SMILES string of the molecule is NCC(CC(=O)O)c1cncnn1. The summed E-state index contributed by atoms with van der Waals surface area (Å²) in [6, 6.07) is 0. The number of hydrogen-bond donors (Lipinski definition) is 2. The molecule has 0 amide bonds. The fourth-order valence-corrected chi connectivity index (χ4v) is 0.964. The van der Waals surface area contributed by atoms with Gasteiger partial charge in [0.05, 0.1) is 18.3 Å². The van der Waals surface area contributed by atoms with Gasteiger partial charge in [0, 0.05) is 12.5 Å². The number of aromatic nitrogens is 3. The van der Waals surface area contributed by atoms with Crippen molar-refractivity contribution < 1.29 is 9.90 Å². The molecule has 13 heavy (non-hydrogen) atoms. The third-order valence-corrected chi connectivity index (χ3v) is 1.62. The molecule has 70 valence electrons. The molecule has 0 aliphatic rings. The lowest BCUT2D eigenvalue weighted by atomic mass is 10.0. The van der Waals surface area contributed by atoms with Crippen LogP contribution in [0, 0.1) is 0 Å². The van der Waals surface area contributed by atoms with Crippen molar-refractivity contribution in [3.05, 3.63) is 18.2 Å². The molecule has 6 nitrogen and oxygen atoms in total. The Labute approximate surface area is 74.8 Å². The number of hydrogen-bond acceptors (Lipinski definition) is 5. The molecule has 1 heterocycles. The molecule has 1 atom stereocenters. The summed E-state index contributed by atoms with van der Waals surface area (Å²) in [5.74, 6) is -1.21. The van der Waals surface area contributed by atoms with Crippen molar-refractivity contribution in [2.24, 2.45) is 5.73 Å². The van der Waals surface area contributed by atoms with Gasteiger partial charge in [-0.1, -0.05) is 0 Å². The zero-order valence-corrected chi connectivity index (χ0v) is 6.92. The standard InChI is InChI=1S/C7H10N4O2/c8-2-5(1-7(12)13)6-3-9-4-10-11-6/h3-5H,1-2,8H2,(H,12,13). The number of carboxylic acid groups (broad SMARTS) is 1. The number of nitrogens with two attached hydrogens (primary N) is 1.